The first kappa shape index (κ1) is 23.5. The van der Waals surface area contributed by atoms with Crippen molar-refractivity contribution in [2.45, 2.75) is 6.61 Å². The summed E-state index contributed by atoms with van der Waals surface area (Å²) in [4.78, 5) is 25.1. The highest BCUT2D eigenvalue weighted by Crippen LogP contribution is 2.29. The number of aromatic nitrogens is 2. The van der Waals surface area contributed by atoms with Gasteiger partial charge in [0.1, 0.15) is 23.9 Å². The first-order valence-corrected chi connectivity index (χ1v) is 10.6. The van der Waals surface area contributed by atoms with E-state index in [1.165, 1.54) is 31.4 Å². The predicted octanol–water partition coefficient (Wildman–Crippen LogP) is 4.22. The van der Waals surface area contributed by atoms with Crippen LogP contribution < -0.4 is 25.1 Å². The summed E-state index contributed by atoms with van der Waals surface area (Å²) >= 11 is 0. The van der Waals surface area contributed by atoms with Crippen LogP contribution in [0, 0.1) is 5.82 Å². The van der Waals surface area contributed by atoms with Gasteiger partial charge in [-0.05, 0) is 54.1 Å². The summed E-state index contributed by atoms with van der Waals surface area (Å²) in [5, 5.41) is 7.02. The number of halogens is 1. The molecule has 0 aliphatic heterocycles. The molecule has 4 aromatic rings. The van der Waals surface area contributed by atoms with Crippen LogP contribution in [0.4, 0.5) is 10.1 Å². The number of carbonyl (C=O) groups excluding carboxylic acids is 1. The van der Waals surface area contributed by atoms with Gasteiger partial charge in [0, 0.05) is 23.8 Å². The summed E-state index contributed by atoms with van der Waals surface area (Å²) in [6, 6.07) is 20.2. The number of nitrogens with zero attached hydrogens (tertiary/aromatic N) is 2. The van der Waals surface area contributed by atoms with Crippen molar-refractivity contribution in [3.8, 4) is 23.1 Å². The normalized spacial score (nSPS) is 10.5. The average molecular weight is 475 g/mol. The van der Waals surface area contributed by atoms with E-state index in [-0.39, 0.29) is 29.8 Å². The molecule has 1 amide bonds. The zero-order chi connectivity index (χ0) is 24.8. The SMILES string of the molecule is COc1ccc(NC(=O)c2ccc(-n3nc(OCc4cccc(F)c4)ccc3=O)cc2)c(OC)c1. The lowest BCUT2D eigenvalue weighted by Crippen LogP contribution is -2.21. The summed E-state index contributed by atoms with van der Waals surface area (Å²) in [6.07, 6.45) is 0. The zero-order valence-electron chi connectivity index (χ0n) is 19.0. The maximum absolute atomic E-state index is 13.4. The molecular formula is C26H22FN3O5. The largest absolute Gasteiger partial charge is 0.497 e. The number of hydrogen-bond donors (Lipinski definition) is 1. The second-order valence-electron chi connectivity index (χ2n) is 7.41. The van der Waals surface area contributed by atoms with Crippen molar-refractivity contribution in [3.63, 3.8) is 0 Å². The quantitative estimate of drug-likeness (QED) is 0.410. The van der Waals surface area contributed by atoms with E-state index in [1.54, 1.807) is 61.7 Å². The minimum atomic E-state index is -0.372. The Balaban J connectivity index is 1.49. The van der Waals surface area contributed by atoms with Crippen LogP contribution in [0.3, 0.4) is 0 Å². The first-order valence-electron chi connectivity index (χ1n) is 10.6. The Morgan fingerprint density at radius 2 is 1.77 bits per heavy atom. The molecule has 4 rings (SSSR count). The van der Waals surface area contributed by atoms with Crippen LogP contribution in [0.1, 0.15) is 15.9 Å². The van der Waals surface area contributed by atoms with Crippen molar-refractivity contribution < 1.29 is 23.4 Å². The van der Waals surface area contributed by atoms with E-state index in [1.807, 2.05) is 0 Å². The van der Waals surface area contributed by atoms with E-state index in [0.29, 0.717) is 34.0 Å². The molecule has 0 fully saturated rings. The van der Waals surface area contributed by atoms with Crippen LogP contribution in [-0.4, -0.2) is 29.9 Å². The fourth-order valence-corrected chi connectivity index (χ4v) is 3.29. The van der Waals surface area contributed by atoms with E-state index in [0.717, 1.165) is 4.68 Å². The summed E-state index contributed by atoms with van der Waals surface area (Å²) < 4.78 is 30.6. The van der Waals surface area contributed by atoms with Crippen molar-refractivity contribution in [2.24, 2.45) is 0 Å². The molecule has 1 aromatic heterocycles. The summed E-state index contributed by atoms with van der Waals surface area (Å²) in [7, 11) is 3.04. The van der Waals surface area contributed by atoms with Gasteiger partial charge >= 0.3 is 0 Å². The number of nitrogens with one attached hydrogen (secondary N) is 1. The van der Waals surface area contributed by atoms with Gasteiger partial charge < -0.3 is 19.5 Å². The lowest BCUT2D eigenvalue weighted by molar-refractivity contribution is 0.102. The van der Waals surface area contributed by atoms with Crippen LogP contribution >= 0.6 is 0 Å². The summed E-state index contributed by atoms with van der Waals surface area (Å²) in [6.45, 7) is 0.0941. The number of amides is 1. The average Bonchev–Trinajstić information content (AvgIpc) is 2.88. The molecule has 1 N–H and O–H groups in total. The Morgan fingerprint density at radius 1 is 0.971 bits per heavy atom. The molecule has 0 saturated heterocycles. The van der Waals surface area contributed by atoms with Crippen molar-refractivity contribution in [2.75, 3.05) is 19.5 Å². The van der Waals surface area contributed by atoms with Gasteiger partial charge in [-0.3, -0.25) is 9.59 Å². The van der Waals surface area contributed by atoms with Gasteiger partial charge in [0.15, 0.2) is 0 Å². The molecule has 0 aliphatic rings. The lowest BCUT2D eigenvalue weighted by atomic mass is 10.2. The maximum Gasteiger partial charge on any atom is 0.271 e. The van der Waals surface area contributed by atoms with Gasteiger partial charge in [0.05, 0.1) is 25.6 Å². The monoisotopic (exact) mass is 475 g/mol. The van der Waals surface area contributed by atoms with E-state index in [2.05, 4.69) is 10.4 Å². The van der Waals surface area contributed by atoms with E-state index < -0.39 is 0 Å². The van der Waals surface area contributed by atoms with E-state index in [9.17, 15) is 14.0 Å². The highest BCUT2D eigenvalue weighted by molar-refractivity contribution is 6.05. The van der Waals surface area contributed by atoms with Crippen LogP contribution in [0.2, 0.25) is 0 Å². The molecule has 0 radical (unpaired) electrons. The van der Waals surface area contributed by atoms with Gasteiger partial charge in [0.25, 0.3) is 11.5 Å². The Hall–Kier alpha value is -4.66. The molecule has 3 aromatic carbocycles. The Kier molecular flexibility index (Phi) is 7.06. The molecule has 8 nitrogen and oxygen atoms in total. The molecule has 0 unspecified atom stereocenters. The second kappa shape index (κ2) is 10.5. The van der Waals surface area contributed by atoms with E-state index >= 15 is 0 Å². The van der Waals surface area contributed by atoms with Crippen molar-refractivity contribution in [3.05, 3.63) is 106 Å². The molecule has 1 heterocycles. The van der Waals surface area contributed by atoms with Crippen LogP contribution in [0.5, 0.6) is 17.4 Å². The Labute approximate surface area is 200 Å². The molecule has 35 heavy (non-hydrogen) atoms. The first-order chi connectivity index (χ1) is 17.0. The predicted molar refractivity (Wildman–Crippen MR) is 128 cm³/mol. The fourth-order valence-electron chi connectivity index (χ4n) is 3.29. The van der Waals surface area contributed by atoms with Crippen molar-refractivity contribution in [1.82, 2.24) is 9.78 Å². The number of hydrogen-bond acceptors (Lipinski definition) is 6. The van der Waals surface area contributed by atoms with Gasteiger partial charge in [-0.25, -0.2) is 4.39 Å². The Morgan fingerprint density at radius 3 is 2.49 bits per heavy atom. The Bertz CT molecular complexity index is 1400. The zero-order valence-corrected chi connectivity index (χ0v) is 19.0. The molecule has 0 bridgehead atoms. The number of anilines is 1. The van der Waals surface area contributed by atoms with Crippen molar-refractivity contribution in [1.29, 1.82) is 0 Å². The van der Waals surface area contributed by atoms with Crippen LogP contribution in [0.25, 0.3) is 5.69 Å². The van der Waals surface area contributed by atoms with Gasteiger partial charge in [-0.1, -0.05) is 12.1 Å². The standard InChI is InChI=1S/C26H22FN3O5/c1-33-21-10-11-22(23(15-21)34-2)28-26(32)18-6-8-20(9-7-18)30-25(31)13-12-24(29-30)35-16-17-4-3-5-19(27)14-17/h3-15H,16H2,1-2H3,(H,28,32). The molecule has 0 atom stereocenters. The van der Waals surface area contributed by atoms with Crippen molar-refractivity contribution >= 4 is 11.6 Å². The highest BCUT2D eigenvalue weighted by Gasteiger charge is 2.12. The minimum absolute atomic E-state index is 0.0941. The maximum atomic E-state index is 13.4. The van der Waals surface area contributed by atoms with Crippen LogP contribution in [-0.2, 0) is 6.61 Å². The third-order valence-electron chi connectivity index (χ3n) is 5.08. The molecule has 0 spiro atoms. The van der Waals surface area contributed by atoms with Crippen LogP contribution in [0.15, 0.2) is 83.7 Å². The third-order valence-corrected chi connectivity index (χ3v) is 5.08. The third kappa shape index (κ3) is 5.64. The summed E-state index contributed by atoms with van der Waals surface area (Å²) in [5.74, 6) is 0.540. The van der Waals surface area contributed by atoms with Gasteiger partial charge in [-0.15, -0.1) is 5.10 Å². The molecule has 0 saturated carbocycles. The van der Waals surface area contributed by atoms with E-state index in [4.69, 9.17) is 14.2 Å². The number of methoxy groups -OCH3 is 2. The number of ether oxygens (including phenoxy) is 3. The minimum Gasteiger partial charge on any atom is -0.497 e. The highest BCUT2D eigenvalue weighted by atomic mass is 19.1. The topological polar surface area (TPSA) is 91.7 Å². The number of rotatable bonds is 8. The fraction of sp³-hybridized carbons (Fsp3) is 0.115. The van der Waals surface area contributed by atoms with Gasteiger partial charge in [0.2, 0.25) is 5.88 Å². The van der Waals surface area contributed by atoms with Gasteiger partial charge in [-0.2, -0.15) is 4.68 Å². The number of benzene rings is 3. The lowest BCUT2D eigenvalue weighted by Gasteiger charge is -2.12. The molecular weight excluding hydrogens is 453 g/mol. The molecule has 178 valence electrons. The molecule has 0 aliphatic carbocycles. The smallest absolute Gasteiger partial charge is 0.271 e. The second-order valence-corrected chi connectivity index (χ2v) is 7.41. The number of carbonyl (C=O) groups is 1. The summed E-state index contributed by atoms with van der Waals surface area (Å²) in [5.41, 5.74) is 1.57. The molecule has 9 heteroatoms.